The summed E-state index contributed by atoms with van der Waals surface area (Å²) in [6.45, 7) is 5.03. The van der Waals surface area contributed by atoms with E-state index in [-0.39, 0.29) is 0 Å². The van der Waals surface area contributed by atoms with Crippen LogP contribution in [0.1, 0.15) is 24.8 Å². The summed E-state index contributed by atoms with van der Waals surface area (Å²) in [5, 5.41) is 1.81. The van der Waals surface area contributed by atoms with Crippen molar-refractivity contribution >= 4 is 28.2 Å². The molecule has 4 nitrogen and oxygen atoms in total. The van der Waals surface area contributed by atoms with Crippen LogP contribution in [0.5, 0.6) is 0 Å². The van der Waals surface area contributed by atoms with Gasteiger partial charge < -0.3 is 10.6 Å². The fourth-order valence-electron chi connectivity index (χ4n) is 4.00. The highest BCUT2D eigenvalue weighted by Gasteiger charge is 2.29. The van der Waals surface area contributed by atoms with E-state index in [1.807, 2.05) is 12.3 Å². The molecule has 128 valence electrons. The smallest absolute Gasteiger partial charge is 0.0953 e. The predicted octanol–water partition coefficient (Wildman–Crippen LogP) is 3.06. The number of benzene rings is 1. The van der Waals surface area contributed by atoms with Gasteiger partial charge in [0.05, 0.1) is 16.2 Å². The van der Waals surface area contributed by atoms with Gasteiger partial charge in [-0.25, -0.2) is 0 Å². The maximum atomic E-state index is 6.49. The molecule has 2 N–H and O–H groups in total. The molecule has 0 amide bonds. The molecular formula is C19H25ClN4. The summed E-state index contributed by atoms with van der Waals surface area (Å²) in [7, 11) is 0. The fourth-order valence-corrected chi connectivity index (χ4v) is 4.28. The van der Waals surface area contributed by atoms with Crippen molar-refractivity contribution in [3.8, 4) is 0 Å². The summed E-state index contributed by atoms with van der Waals surface area (Å²) < 4.78 is 0. The third-order valence-corrected chi connectivity index (χ3v) is 5.84. The van der Waals surface area contributed by atoms with Crippen molar-refractivity contribution in [3.63, 3.8) is 0 Å². The Bertz CT molecular complexity index is 721. The minimum atomic E-state index is 0.629. The number of rotatable bonds is 4. The molecule has 1 aliphatic heterocycles. The molecular weight excluding hydrogens is 320 g/mol. The quantitative estimate of drug-likeness (QED) is 0.925. The average molecular weight is 345 g/mol. The minimum Gasteiger partial charge on any atom is -0.367 e. The van der Waals surface area contributed by atoms with Gasteiger partial charge in [0.2, 0.25) is 0 Å². The fraction of sp³-hybridized carbons (Fsp3) is 0.526. The Morgan fingerprint density at radius 3 is 2.67 bits per heavy atom. The van der Waals surface area contributed by atoms with Crippen molar-refractivity contribution in [2.75, 3.05) is 37.6 Å². The van der Waals surface area contributed by atoms with E-state index in [4.69, 9.17) is 17.3 Å². The Labute approximate surface area is 148 Å². The monoisotopic (exact) mass is 344 g/mol. The van der Waals surface area contributed by atoms with Gasteiger partial charge >= 0.3 is 0 Å². The number of nitrogens with two attached hydrogens (primary N) is 1. The summed E-state index contributed by atoms with van der Waals surface area (Å²) in [5.74, 6) is 0. The number of pyridine rings is 1. The molecule has 0 spiro atoms. The van der Waals surface area contributed by atoms with Crippen molar-refractivity contribution < 1.29 is 0 Å². The highest BCUT2D eigenvalue weighted by molar-refractivity contribution is 6.36. The first kappa shape index (κ1) is 16.1. The van der Waals surface area contributed by atoms with Crippen LogP contribution in [0.3, 0.4) is 0 Å². The van der Waals surface area contributed by atoms with Crippen LogP contribution >= 0.6 is 11.6 Å². The van der Waals surface area contributed by atoms with Gasteiger partial charge in [-0.15, -0.1) is 0 Å². The highest BCUT2D eigenvalue weighted by Crippen LogP contribution is 2.36. The maximum absolute atomic E-state index is 6.49. The van der Waals surface area contributed by atoms with Crippen LogP contribution in [-0.2, 0) is 6.42 Å². The van der Waals surface area contributed by atoms with Gasteiger partial charge in [-0.3, -0.25) is 9.88 Å². The average Bonchev–Trinajstić information content (AvgIpc) is 2.55. The van der Waals surface area contributed by atoms with Crippen LogP contribution in [0.15, 0.2) is 24.4 Å². The van der Waals surface area contributed by atoms with Crippen LogP contribution in [0.25, 0.3) is 10.9 Å². The molecule has 0 bridgehead atoms. The second kappa shape index (κ2) is 6.87. The number of nitrogens with zero attached hydrogens (tertiary/aromatic N) is 3. The molecule has 1 aromatic heterocycles. The number of hydrogen-bond acceptors (Lipinski definition) is 4. The SMILES string of the molecule is NCCc1cc(Cl)c2cccnc2c1N1CCN(C2CCC2)CC1. The number of piperazine rings is 1. The van der Waals surface area contributed by atoms with Crippen molar-refractivity contribution in [2.24, 2.45) is 5.73 Å². The number of hydrogen-bond donors (Lipinski definition) is 1. The van der Waals surface area contributed by atoms with Gasteiger partial charge in [0.15, 0.2) is 0 Å². The van der Waals surface area contributed by atoms with Crippen LogP contribution in [0, 0.1) is 0 Å². The molecule has 1 saturated carbocycles. The summed E-state index contributed by atoms with van der Waals surface area (Å²) in [4.78, 5) is 9.81. The molecule has 2 heterocycles. The van der Waals surface area contributed by atoms with Gasteiger partial charge in [-0.1, -0.05) is 18.0 Å². The van der Waals surface area contributed by atoms with E-state index in [2.05, 4.69) is 26.9 Å². The van der Waals surface area contributed by atoms with Gasteiger partial charge in [0.1, 0.15) is 0 Å². The van der Waals surface area contributed by atoms with Crippen LogP contribution in [0.4, 0.5) is 5.69 Å². The van der Waals surface area contributed by atoms with E-state index in [1.165, 1.54) is 30.5 Å². The van der Waals surface area contributed by atoms with Gasteiger partial charge in [-0.2, -0.15) is 0 Å². The van der Waals surface area contributed by atoms with E-state index >= 15 is 0 Å². The Kier molecular flexibility index (Phi) is 4.61. The van der Waals surface area contributed by atoms with E-state index in [0.29, 0.717) is 6.54 Å². The molecule has 0 atom stereocenters. The van der Waals surface area contributed by atoms with E-state index in [1.54, 1.807) is 0 Å². The summed E-state index contributed by atoms with van der Waals surface area (Å²) in [5.41, 5.74) is 9.34. The molecule has 1 aromatic carbocycles. The van der Waals surface area contributed by atoms with Crippen molar-refractivity contribution in [1.82, 2.24) is 9.88 Å². The maximum Gasteiger partial charge on any atom is 0.0953 e. The first-order valence-electron chi connectivity index (χ1n) is 9.03. The zero-order chi connectivity index (χ0) is 16.5. The van der Waals surface area contributed by atoms with Crippen LogP contribution < -0.4 is 10.6 Å². The highest BCUT2D eigenvalue weighted by atomic mass is 35.5. The Morgan fingerprint density at radius 2 is 2.00 bits per heavy atom. The molecule has 0 radical (unpaired) electrons. The summed E-state index contributed by atoms with van der Waals surface area (Å²) in [6, 6.07) is 6.93. The van der Waals surface area contributed by atoms with Gasteiger partial charge in [0, 0.05) is 43.8 Å². The summed E-state index contributed by atoms with van der Waals surface area (Å²) >= 11 is 6.49. The zero-order valence-electron chi connectivity index (χ0n) is 14.0. The zero-order valence-corrected chi connectivity index (χ0v) is 14.8. The second-order valence-corrected chi connectivity index (χ2v) is 7.32. The number of anilines is 1. The Morgan fingerprint density at radius 1 is 1.21 bits per heavy atom. The van der Waals surface area contributed by atoms with Crippen LogP contribution in [-0.4, -0.2) is 48.6 Å². The minimum absolute atomic E-state index is 0.629. The predicted molar refractivity (Wildman–Crippen MR) is 101 cm³/mol. The van der Waals surface area contributed by atoms with Gasteiger partial charge in [-0.05, 0) is 49.6 Å². The van der Waals surface area contributed by atoms with E-state index in [9.17, 15) is 0 Å². The second-order valence-electron chi connectivity index (χ2n) is 6.91. The lowest BCUT2D eigenvalue weighted by Gasteiger charge is -2.44. The molecule has 2 aromatic rings. The Hall–Kier alpha value is -1.36. The number of halogens is 1. The first-order chi connectivity index (χ1) is 11.8. The standard InChI is InChI=1S/C19H25ClN4/c20-17-13-14(6-7-21)19(18-16(17)5-2-8-22-18)24-11-9-23(10-12-24)15-3-1-4-15/h2,5,8,13,15H,1,3-4,6-7,9-12,21H2. The topological polar surface area (TPSA) is 45.4 Å². The molecule has 0 unspecified atom stereocenters. The molecule has 2 aliphatic rings. The molecule has 1 aliphatic carbocycles. The number of aromatic nitrogens is 1. The van der Waals surface area contributed by atoms with E-state index in [0.717, 1.165) is 54.6 Å². The largest absolute Gasteiger partial charge is 0.367 e. The lowest BCUT2D eigenvalue weighted by molar-refractivity contribution is 0.120. The molecule has 24 heavy (non-hydrogen) atoms. The molecule has 1 saturated heterocycles. The molecule has 5 heteroatoms. The van der Waals surface area contributed by atoms with Gasteiger partial charge in [0.25, 0.3) is 0 Å². The third-order valence-electron chi connectivity index (χ3n) is 5.53. The molecule has 2 fully saturated rings. The first-order valence-corrected chi connectivity index (χ1v) is 9.41. The van der Waals surface area contributed by atoms with Crippen molar-refractivity contribution in [2.45, 2.75) is 31.7 Å². The van der Waals surface area contributed by atoms with Crippen LogP contribution in [0.2, 0.25) is 5.02 Å². The lowest BCUT2D eigenvalue weighted by atomic mass is 9.91. The third kappa shape index (κ3) is 2.87. The lowest BCUT2D eigenvalue weighted by Crippen LogP contribution is -2.52. The summed E-state index contributed by atoms with van der Waals surface area (Å²) in [6.07, 6.45) is 6.86. The van der Waals surface area contributed by atoms with Crippen molar-refractivity contribution in [1.29, 1.82) is 0 Å². The molecule has 4 rings (SSSR count). The Balaban J connectivity index is 1.67. The normalized spacial score (nSPS) is 19.7. The van der Waals surface area contributed by atoms with E-state index < -0.39 is 0 Å². The van der Waals surface area contributed by atoms with Crippen molar-refractivity contribution in [3.05, 3.63) is 35.0 Å². The number of fused-ring (bicyclic) bond motifs is 1.